The molecule has 26 heavy (non-hydrogen) atoms. The standard InChI is InChI=1S/C22H27FN2O/c1-24(2)14-15-25(16-17-10-12-19(23)13-11-17)22(26)21-9-5-7-18-6-3-4-8-20(18)21/h3-4,6,8,10-13,21H,5,7,9,14-16H2,1-2H3. The first-order valence-electron chi connectivity index (χ1n) is 9.30. The van der Waals surface area contributed by atoms with E-state index in [1.807, 2.05) is 31.1 Å². The number of hydrogen-bond donors (Lipinski definition) is 0. The number of aryl methyl sites for hydroxylation is 1. The van der Waals surface area contributed by atoms with E-state index in [1.54, 1.807) is 12.1 Å². The van der Waals surface area contributed by atoms with Gasteiger partial charge in [-0.25, -0.2) is 4.39 Å². The third-order valence-corrected chi connectivity index (χ3v) is 5.08. The fourth-order valence-electron chi connectivity index (χ4n) is 3.63. The van der Waals surface area contributed by atoms with E-state index in [-0.39, 0.29) is 17.6 Å². The van der Waals surface area contributed by atoms with Gasteiger partial charge in [-0.1, -0.05) is 36.4 Å². The Morgan fingerprint density at radius 2 is 1.81 bits per heavy atom. The maximum atomic E-state index is 13.4. The normalized spacial score (nSPS) is 16.4. The Kier molecular flexibility index (Phi) is 6.04. The van der Waals surface area contributed by atoms with Crippen LogP contribution in [-0.4, -0.2) is 42.9 Å². The molecule has 3 nitrogen and oxygen atoms in total. The number of rotatable bonds is 6. The molecule has 0 radical (unpaired) electrons. The van der Waals surface area contributed by atoms with Crippen LogP contribution in [0.15, 0.2) is 48.5 Å². The number of carbonyl (C=O) groups is 1. The minimum Gasteiger partial charge on any atom is -0.337 e. The molecular weight excluding hydrogens is 327 g/mol. The molecule has 1 atom stereocenters. The van der Waals surface area contributed by atoms with Crippen LogP contribution < -0.4 is 0 Å². The van der Waals surface area contributed by atoms with Gasteiger partial charge in [0.05, 0.1) is 5.92 Å². The third-order valence-electron chi connectivity index (χ3n) is 5.08. The zero-order valence-corrected chi connectivity index (χ0v) is 15.6. The first kappa shape index (κ1) is 18.6. The second-order valence-electron chi connectivity index (χ2n) is 7.33. The lowest BCUT2D eigenvalue weighted by Crippen LogP contribution is -2.39. The van der Waals surface area contributed by atoms with Crippen LogP contribution in [0.3, 0.4) is 0 Å². The maximum absolute atomic E-state index is 13.4. The lowest BCUT2D eigenvalue weighted by molar-refractivity contribution is -0.134. The van der Waals surface area contributed by atoms with Crippen LogP contribution in [0.5, 0.6) is 0 Å². The van der Waals surface area contributed by atoms with Crippen molar-refractivity contribution in [2.75, 3.05) is 27.2 Å². The second kappa shape index (κ2) is 8.45. The molecule has 0 heterocycles. The second-order valence-corrected chi connectivity index (χ2v) is 7.33. The fraction of sp³-hybridized carbons (Fsp3) is 0.409. The fourth-order valence-corrected chi connectivity index (χ4v) is 3.63. The van der Waals surface area contributed by atoms with E-state index in [2.05, 4.69) is 17.0 Å². The highest BCUT2D eigenvalue weighted by Crippen LogP contribution is 2.33. The van der Waals surface area contributed by atoms with Crippen molar-refractivity contribution < 1.29 is 9.18 Å². The average molecular weight is 354 g/mol. The molecule has 0 aliphatic heterocycles. The van der Waals surface area contributed by atoms with Crippen LogP contribution in [0.25, 0.3) is 0 Å². The first-order chi connectivity index (χ1) is 12.5. The number of likely N-dealkylation sites (N-methyl/N-ethyl adjacent to an activating group) is 1. The summed E-state index contributed by atoms with van der Waals surface area (Å²) in [5.74, 6) is -0.132. The molecule has 1 unspecified atom stereocenters. The van der Waals surface area contributed by atoms with Gasteiger partial charge in [0.25, 0.3) is 0 Å². The number of amides is 1. The Morgan fingerprint density at radius 1 is 1.08 bits per heavy atom. The molecule has 0 saturated heterocycles. The van der Waals surface area contributed by atoms with Gasteiger partial charge in [0.1, 0.15) is 5.82 Å². The van der Waals surface area contributed by atoms with Gasteiger partial charge < -0.3 is 9.80 Å². The Hall–Kier alpha value is -2.20. The molecule has 138 valence electrons. The SMILES string of the molecule is CN(C)CCN(Cc1ccc(F)cc1)C(=O)C1CCCc2ccccc21. The van der Waals surface area contributed by atoms with Crippen LogP contribution in [0, 0.1) is 5.82 Å². The average Bonchev–Trinajstić information content (AvgIpc) is 2.65. The molecule has 2 aromatic rings. The highest BCUT2D eigenvalue weighted by Gasteiger charge is 2.29. The molecule has 0 fully saturated rings. The van der Waals surface area contributed by atoms with E-state index in [1.165, 1.54) is 23.3 Å². The number of halogens is 1. The highest BCUT2D eigenvalue weighted by molar-refractivity contribution is 5.84. The Morgan fingerprint density at radius 3 is 2.54 bits per heavy atom. The molecule has 4 heteroatoms. The summed E-state index contributed by atoms with van der Waals surface area (Å²) in [5, 5.41) is 0. The molecule has 0 bridgehead atoms. The summed E-state index contributed by atoms with van der Waals surface area (Å²) in [7, 11) is 4.02. The summed E-state index contributed by atoms with van der Waals surface area (Å²) in [4.78, 5) is 17.4. The van der Waals surface area contributed by atoms with Gasteiger partial charge in [-0.3, -0.25) is 4.79 Å². The van der Waals surface area contributed by atoms with Gasteiger partial charge in [-0.2, -0.15) is 0 Å². The quantitative estimate of drug-likeness (QED) is 0.787. The number of hydrogen-bond acceptors (Lipinski definition) is 2. The van der Waals surface area contributed by atoms with Crippen LogP contribution in [0.4, 0.5) is 4.39 Å². The van der Waals surface area contributed by atoms with Crippen LogP contribution in [-0.2, 0) is 17.8 Å². The Bertz CT molecular complexity index is 742. The topological polar surface area (TPSA) is 23.6 Å². The lowest BCUT2D eigenvalue weighted by atomic mass is 9.82. The summed E-state index contributed by atoms with van der Waals surface area (Å²) < 4.78 is 13.2. The Labute approximate surface area is 155 Å². The van der Waals surface area contributed by atoms with Gasteiger partial charge in [0.15, 0.2) is 0 Å². The first-order valence-corrected chi connectivity index (χ1v) is 9.30. The predicted octanol–water partition coefficient (Wildman–Crippen LogP) is 3.84. The summed E-state index contributed by atoms with van der Waals surface area (Å²) in [6, 6.07) is 14.8. The van der Waals surface area contributed by atoms with Gasteiger partial charge in [0.2, 0.25) is 5.91 Å². The van der Waals surface area contributed by atoms with E-state index in [0.717, 1.165) is 31.4 Å². The third kappa shape index (κ3) is 4.50. The zero-order valence-electron chi connectivity index (χ0n) is 15.6. The molecule has 0 aromatic heterocycles. The van der Waals surface area contributed by atoms with Crippen molar-refractivity contribution in [3.63, 3.8) is 0 Å². The minimum atomic E-state index is -0.249. The lowest BCUT2D eigenvalue weighted by Gasteiger charge is -2.31. The number of carbonyl (C=O) groups excluding carboxylic acids is 1. The monoisotopic (exact) mass is 354 g/mol. The molecular formula is C22H27FN2O. The van der Waals surface area contributed by atoms with Crippen molar-refractivity contribution >= 4 is 5.91 Å². The summed E-state index contributed by atoms with van der Waals surface area (Å²) in [5.41, 5.74) is 3.44. The zero-order chi connectivity index (χ0) is 18.5. The molecule has 3 rings (SSSR count). The Balaban J connectivity index is 1.81. The van der Waals surface area contributed by atoms with E-state index in [9.17, 15) is 9.18 Å². The predicted molar refractivity (Wildman–Crippen MR) is 102 cm³/mol. The van der Waals surface area contributed by atoms with Gasteiger partial charge in [-0.15, -0.1) is 0 Å². The van der Waals surface area contributed by atoms with Crippen LogP contribution in [0.1, 0.15) is 35.4 Å². The maximum Gasteiger partial charge on any atom is 0.230 e. The summed E-state index contributed by atoms with van der Waals surface area (Å²) in [6.07, 6.45) is 3.00. The van der Waals surface area contributed by atoms with E-state index < -0.39 is 0 Å². The van der Waals surface area contributed by atoms with Crippen molar-refractivity contribution in [3.8, 4) is 0 Å². The minimum absolute atomic E-state index is 0.0671. The van der Waals surface area contributed by atoms with Crippen molar-refractivity contribution in [1.29, 1.82) is 0 Å². The van der Waals surface area contributed by atoms with E-state index >= 15 is 0 Å². The molecule has 2 aromatic carbocycles. The number of nitrogens with zero attached hydrogens (tertiary/aromatic N) is 2. The van der Waals surface area contributed by atoms with Crippen LogP contribution >= 0.6 is 0 Å². The van der Waals surface area contributed by atoms with Crippen molar-refractivity contribution in [3.05, 3.63) is 71.0 Å². The summed E-state index contributed by atoms with van der Waals surface area (Å²) >= 11 is 0. The van der Waals surface area contributed by atoms with E-state index in [4.69, 9.17) is 0 Å². The molecule has 0 saturated carbocycles. The summed E-state index contributed by atoms with van der Waals surface area (Å²) in [6.45, 7) is 1.99. The van der Waals surface area contributed by atoms with Crippen molar-refractivity contribution in [2.24, 2.45) is 0 Å². The van der Waals surface area contributed by atoms with Crippen molar-refractivity contribution in [2.45, 2.75) is 31.7 Å². The van der Waals surface area contributed by atoms with Crippen LogP contribution in [0.2, 0.25) is 0 Å². The van der Waals surface area contributed by atoms with Gasteiger partial charge in [-0.05, 0) is 62.2 Å². The number of fused-ring (bicyclic) bond motifs is 1. The molecule has 0 spiro atoms. The smallest absolute Gasteiger partial charge is 0.230 e. The van der Waals surface area contributed by atoms with Crippen molar-refractivity contribution in [1.82, 2.24) is 9.80 Å². The van der Waals surface area contributed by atoms with Gasteiger partial charge in [0, 0.05) is 19.6 Å². The molecule has 1 aliphatic carbocycles. The molecule has 1 aliphatic rings. The number of benzene rings is 2. The largest absolute Gasteiger partial charge is 0.337 e. The highest BCUT2D eigenvalue weighted by atomic mass is 19.1. The van der Waals surface area contributed by atoms with E-state index in [0.29, 0.717) is 13.1 Å². The molecule has 1 amide bonds. The van der Waals surface area contributed by atoms with Gasteiger partial charge >= 0.3 is 0 Å². The molecule has 0 N–H and O–H groups in total.